The molecule has 2 N–H and O–H groups in total. The first-order valence-corrected chi connectivity index (χ1v) is 6.29. The maximum absolute atomic E-state index is 11.8. The van der Waals surface area contributed by atoms with Crippen molar-refractivity contribution in [1.29, 1.82) is 0 Å². The van der Waals surface area contributed by atoms with Crippen molar-refractivity contribution in [3.05, 3.63) is 64.5 Å². The van der Waals surface area contributed by atoms with Crippen LogP contribution in [0.1, 0.15) is 10.6 Å². The predicted octanol–water partition coefficient (Wildman–Crippen LogP) is 2.49. The van der Waals surface area contributed by atoms with Gasteiger partial charge in [-0.1, -0.05) is 18.2 Å². The fourth-order valence-electron chi connectivity index (χ4n) is 1.88. The Morgan fingerprint density at radius 2 is 2.05 bits per heavy atom. The van der Waals surface area contributed by atoms with Crippen LogP contribution < -0.4 is 10.9 Å². The summed E-state index contributed by atoms with van der Waals surface area (Å²) in [6.45, 7) is 0. The normalized spacial score (nSPS) is 10.4. The first-order chi connectivity index (χ1) is 10.6. The third-order valence-corrected chi connectivity index (χ3v) is 2.91. The van der Waals surface area contributed by atoms with E-state index in [1.807, 2.05) is 30.3 Å². The Hall–Kier alpha value is -3.42. The third kappa shape index (κ3) is 2.70. The van der Waals surface area contributed by atoms with E-state index < -0.39 is 16.7 Å². The second kappa shape index (κ2) is 5.52. The molecule has 1 aromatic carbocycles. The van der Waals surface area contributed by atoms with Crippen LogP contribution in [0, 0.1) is 10.1 Å². The van der Waals surface area contributed by atoms with Crippen LogP contribution in [0.2, 0.25) is 0 Å². The fraction of sp³-hybridized carbons (Fsp3) is 0. The monoisotopic (exact) mass is 298 g/mol. The Morgan fingerprint density at radius 3 is 2.82 bits per heavy atom. The number of hydrogen-bond acceptors (Lipinski definition) is 6. The van der Waals surface area contributed by atoms with E-state index in [0.717, 1.165) is 17.0 Å². The molecule has 3 aromatic rings. The van der Waals surface area contributed by atoms with E-state index in [1.165, 1.54) is 6.07 Å². The first kappa shape index (κ1) is 13.6. The van der Waals surface area contributed by atoms with Gasteiger partial charge in [0.25, 0.3) is 0 Å². The van der Waals surface area contributed by atoms with Gasteiger partial charge in [-0.3, -0.25) is 30.7 Å². The molecule has 8 heteroatoms. The SMILES string of the molecule is O=C(NNc1cnc2ccccc2c1)c1ccc([N+](=O)[O-])o1. The molecule has 8 nitrogen and oxygen atoms in total. The molecule has 0 aliphatic carbocycles. The van der Waals surface area contributed by atoms with E-state index in [9.17, 15) is 14.9 Å². The summed E-state index contributed by atoms with van der Waals surface area (Å²) in [5, 5.41) is 11.4. The summed E-state index contributed by atoms with van der Waals surface area (Å²) in [4.78, 5) is 25.8. The minimum Gasteiger partial charge on any atom is -0.395 e. The Bertz CT molecular complexity index is 859. The summed E-state index contributed by atoms with van der Waals surface area (Å²) in [7, 11) is 0. The average Bonchev–Trinajstić information content (AvgIpc) is 3.03. The number of pyridine rings is 1. The smallest absolute Gasteiger partial charge is 0.395 e. The molecule has 0 aliphatic rings. The van der Waals surface area contributed by atoms with E-state index in [-0.39, 0.29) is 5.76 Å². The molecule has 0 radical (unpaired) electrons. The standard InChI is InChI=1S/C14H10N4O4/c19-14(12-5-6-13(22-12)18(20)21)17-16-10-7-9-3-1-2-4-11(9)15-8-10/h1-8,16H,(H,17,19). The fourth-order valence-corrected chi connectivity index (χ4v) is 1.88. The zero-order chi connectivity index (χ0) is 15.5. The van der Waals surface area contributed by atoms with Crippen LogP contribution in [0.4, 0.5) is 11.6 Å². The lowest BCUT2D eigenvalue weighted by atomic mass is 10.2. The number of hydrogen-bond donors (Lipinski definition) is 2. The number of nitrogens with one attached hydrogen (secondary N) is 2. The molecule has 0 bridgehead atoms. The number of benzene rings is 1. The van der Waals surface area contributed by atoms with Crippen molar-refractivity contribution in [1.82, 2.24) is 10.4 Å². The zero-order valence-corrected chi connectivity index (χ0v) is 11.1. The molecule has 0 unspecified atom stereocenters. The molecule has 0 saturated carbocycles. The molecular weight excluding hydrogens is 288 g/mol. The van der Waals surface area contributed by atoms with Crippen LogP contribution in [-0.4, -0.2) is 15.8 Å². The number of hydrazine groups is 1. The van der Waals surface area contributed by atoms with Gasteiger partial charge in [-0.05, 0) is 18.2 Å². The number of fused-ring (bicyclic) bond motifs is 1. The highest BCUT2D eigenvalue weighted by molar-refractivity contribution is 5.92. The summed E-state index contributed by atoms with van der Waals surface area (Å²) in [5.41, 5.74) is 6.48. The molecule has 22 heavy (non-hydrogen) atoms. The first-order valence-electron chi connectivity index (χ1n) is 6.29. The summed E-state index contributed by atoms with van der Waals surface area (Å²) < 4.78 is 4.80. The highest BCUT2D eigenvalue weighted by Crippen LogP contribution is 2.17. The molecule has 0 atom stereocenters. The molecule has 2 heterocycles. The molecule has 1 amide bonds. The second-order valence-corrected chi connectivity index (χ2v) is 4.39. The predicted molar refractivity (Wildman–Crippen MR) is 78.2 cm³/mol. The summed E-state index contributed by atoms with van der Waals surface area (Å²) in [5.74, 6) is -1.27. The van der Waals surface area contributed by atoms with Crippen LogP contribution in [0.3, 0.4) is 0 Å². The van der Waals surface area contributed by atoms with Gasteiger partial charge >= 0.3 is 11.8 Å². The van der Waals surface area contributed by atoms with E-state index >= 15 is 0 Å². The van der Waals surface area contributed by atoms with Gasteiger partial charge in [0.2, 0.25) is 5.76 Å². The van der Waals surface area contributed by atoms with Gasteiger partial charge in [-0.15, -0.1) is 0 Å². The highest BCUT2D eigenvalue weighted by atomic mass is 16.6. The topological polar surface area (TPSA) is 110 Å². The van der Waals surface area contributed by atoms with Gasteiger partial charge in [0.15, 0.2) is 0 Å². The minimum absolute atomic E-state index is 0.159. The Labute approximate surface area is 123 Å². The maximum atomic E-state index is 11.8. The number of carbonyl (C=O) groups excluding carboxylic acids is 1. The van der Waals surface area contributed by atoms with Gasteiger partial charge in [0, 0.05) is 5.39 Å². The van der Waals surface area contributed by atoms with Crippen molar-refractivity contribution < 1.29 is 14.1 Å². The molecule has 110 valence electrons. The van der Waals surface area contributed by atoms with Crippen molar-refractivity contribution in [3.63, 3.8) is 0 Å². The summed E-state index contributed by atoms with van der Waals surface area (Å²) in [6, 6.07) is 11.7. The van der Waals surface area contributed by atoms with Crippen LogP contribution >= 0.6 is 0 Å². The second-order valence-electron chi connectivity index (χ2n) is 4.39. The summed E-state index contributed by atoms with van der Waals surface area (Å²) >= 11 is 0. The minimum atomic E-state index is -0.711. The number of furan rings is 1. The number of amides is 1. The lowest BCUT2D eigenvalue weighted by molar-refractivity contribution is -0.402. The van der Waals surface area contributed by atoms with Crippen molar-refractivity contribution >= 4 is 28.4 Å². The number of nitro groups is 1. The van der Waals surface area contributed by atoms with Gasteiger partial charge < -0.3 is 4.42 Å². The largest absolute Gasteiger partial charge is 0.433 e. The Kier molecular flexibility index (Phi) is 3.40. The number of para-hydroxylation sites is 1. The van der Waals surface area contributed by atoms with E-state index in [2.05, 4.69) is 15.8 Å². The number of rotatable bonds is 4. The Morgan fingerprint density at radius 1 is 1.23 bits per heavy atom. The number of anilines is 1. The number of nitrogens with zero attached hydrogens (tertiary/aromatic N) is 2. The van der Waals surface area contributed by atoms with E-state index in [0.29, 0.717) is 5.69 Å². The molecule has 3 rings (SSSR count). The number of aromatic nitrogens is 1. The van der Waals surface area contributed by atoms with E-state index in [1.54, 1.807) is 6.20 Å². The number of carbonyl (C=O) groups is 1. The van der Waals surface area contributed by atoms with Crippen molar-refractivity contribution in [2.45, 2.75) is 0 Å². The van der Waals surface area contributed by atoms with Gasteiger partial charge in [0.05, 0.1) is 23.5 Å². The molecule has 2 aromatic heterocycles. The molecule has 0 aliphatic heterocycles. The van der Waals surface area contributed by atoms with Crippen molar-refractivity contribution in [2.24, 2.45) is 0 Å². The lowest BCUT2D eigenvalue weighted by Crippen LogP contribution is -2.29. The van der Waals surface area contributed by atoms with Crippen LogP contribution in [0.5, 0.6) is 0 Å². The molecule has 0 fully saturated rings. The average molecular weight is 298 g/mol. The molecule has 0 spiro atoms. The highest BCUT2D eigenvalue weighted by Gasteiger charge is 2.16. The van der Waals surface area contributed by atoms with Gasteiger partial charge in [-0.25, -0.2) is 0 Å². The maximum Gasteiger partial charge on any atom is 0.433 e. The van der Waals surface area contributed by atoms with E-state index in [4.69, 9.17) is 4.42 Å². The Balaban J connectivity index is 1.70. The lowest BCUT2D eigenvalue weighted by Gasteiger charge is -2.07. The molecule has 0 saturated heterocycles. The van der Waals surface area contributed by atoms with Gasteiger partial charge in [-0.2, -0.15) is 0 Å². The molecular formula is C14H10N4O4. The quantitative estimate of drug-likeness (QED) is 0.565. The summed E-state index contributed by atoms with van der Waals surface area (Å²) in [6.07, 6.45) is 1.56. The van der Waals surface area contributed by atoms with Crippen LogP contribution in [0.15, 0.2) is 53.1 Å². The van der Waals surface area contributed by atoms with Crippen molar-refractivity contribution in [3.8, 4) is 0 Å². The van der Waals surface area contributed by atoms with Crippen molar-refractivity contribution in [2.75, 3.05) is 5.43 Å². The zero-order valence-electron chi connectivity index (χ0n) is 11.1. The van der Waals surface area contributed by atoms with Gasteiger partial charge in [0.1, 0.15) is 4.92 Å². The van der Waals surface area contributed by atoms with Crippen LogP contribution in [0.25, 0.3) is 10.9 Å². The third-order valence-electron chi connectivity index (χ3n) is 2.91. The van der Waals surface area contributed by atoms with Crippen LogP contribution in [-0.2, 0) is 0 Å².